The molecule has 33 heavy (non-hydrogen) atoms. The topological polar surface area (TPSA) is 71.9 Å². The van der Waals surface area contributed by atoms with E-state index in [1.165, 1.54) is 11.1 Å². The summed E-state index contributed by atoms with van der Waals surface area (Å²) >= 11 is 0. The summed E-state index contributed by atoms with van der Waals surface area (Å²) in [5.41, 5.74) is 4.63. The van der Waals surface area contributed by atoms with Crippen LogP contribution in [-0.4, -0.2) is 63.9 Å². The maximum Gasteiger partial charge on any atom is 0.228 e. The van der Waals surface area contributed by atoms with Crippen LogP contribution in [0.25, 0.3) is 22.8 Å². The fourth-order valence-electron chi connectivity index (χ4n) is 4.52. The second kappa shape index (κ2) is 8.80. The van der Waals surface area contributed by atoms with Crippen molar-refractivity contribution in [2.24, 2.45) is 0 Å². The van der Waals surface area contributed by atoms with Crippen molar-refractivity contribution in [1.82, 2.24) is 24.5 Å². The van der Waals surface area contributed by atoms with Crippen molar-refractivity contribution >= 4 is 17.2 Å². The molecule has 0 spiro atoms. The lowest BCUT2D eigenvalue weighted by Crippen LogP contribution is -2.38. The van der Waals surface area contributed by atoms with E-state index >= 15 is 0 Å². The van der Waals surface area contributed by atoms with Gasteiger partial charge >= 0.3 is 0 Å². The molecule has 0 radical (unpaired) electrons. The molecule has 3 aromatic heterocycles. The van der Waals surface area contributed by atoms with Gasteiger partial charge in [-0.15, -0.1) is 5.10 Å². The van der Waals surface area contributed by atoms with Gasteiger partial charge in [-0.3, -0.25) is 4.90 Å². The minimum absolute atomic E-state index is 0.577. The summed E-state index contributed by atoms with van der Waals surface area (Å²) in [6, 6.07) is 14.4. The number of ether oxygens (including phenoxy) is 1. The lowest BCUT2D eigenvalue weighted by atomic mass is 9.99. The van der Waals surface area contributed by atoms with E-state index in [1.807, 2.05) is 22.8 Å². The van der Waals surface area contributed by atoms with Crippen LogP contribution in [0.4, 0.5) is 5.95 Å². The van der Waals surface area contributed by atoms with Crippen LogP contribution in [0.15, 0.2) is 65.4 Å². The Bertz CT molecular complexity index is 1260. The fourth-order valence-corrected chi connectivity index (χ4v) is 4.52. The van der Waals surface area contributed by atoms with E-state index in [-0.39, 0.29) is 0 Å². The third-order valence-electron chi connectivity index (χ3n) is 6.29. The molecular formula is C25H26N6O2. The Hall–Kier alpha value is -3.49. The highest BCUT2D eigenvalue weighted by Crippen LogP contribution is 2.26. The number of anilines is 1. The van der Waals surface area contributed by atoms with Gasteiger partial charge in [-0.1, -0.05) is 36.4 Å². The Morgan fingerprint density at radius 2 is 1.85 bits per heavy atom. The average molecular weight is 443 g/mol. The first kappa shape index (κ1) is 20.1. The Morgan fingerprint density at radius 3 is 2.61 bits per heavy atom. The molecule has 8 nitrogen and oxygen atoms in total. The van der Waals surface area contributed by atoms with Gasteiger partial charge in [-0.2, -0.15) is 4.52 Å². The predicted molar refractivity (Wildman–Crippen MR) is 126 cm³/mol. The first-order valence-corrected chi connectivity index (χ1v) is 11.4. The molecule has 8 heteroatoms. The van der Waals surface area contributed by atoms with Crippen molar-refractivity contribution in [2.75, 3.05) is 44.3 Å². The Labute approximate surface area is 192 Å². The molecule has 0 amide bonds. The molecule has 1 saturated heterocycles. The first-order chi connectivity index (χ1) is 16.3. The minimum atomic E-state index is 0.577. The molecule has 168 valence electrons. The number of fused-ring (bicyclic) bond motifs is 1. The predicted octanol–water partition coefficient (Wildman–Crippen LogP) is 3.51. The monoisotopic (exact) mass is 442 g/mol. The maximum atomic E-state index is 5.57. The molecule has 1 aromatic carbocycles. The summed E-state index contributed by atoms with van der Waals surface area (Å²) < 4.78 is 13.0. The molecule has 0 atom stereocenters. The third kappa shape index (κ3) is 4.03. The Balaban J connectivity index is 1.30. The zero-order valence-corrected chi connectivity index (χ0v) is 18.4. The van der Waals surface area contributed by atoms with Crippen molar-refractivity contribution in [3.05, 3.63) is 72.1 Å². The van der Waals surface area contributed by atoms with Crippen LogP contribution < -0.4 is 4.90 Å². The highest BCUT2D eigenvalue weighted by Gasteiger charge is 2.22. The summed E-state index contributed by atoms with van der Waals surface area (Å²) in [5.74, 6) is 2.03. The number of hydrogen-bond acceptors (Lipinski definition) is 7. The van der Waals surface area contributed by atoms with E-state index in [9.17, 15) is 0 Å². The molecular weight excluding hydrogens is 416 g/mol. The van der Waals surface area contributed by atoms with Gasteiger partial charge in [0.15, 0.2) is 11.4 Å². The Kier molecular flexibility index (Phi) is 5.37. The van der Waals surface area contributed by atoms with Gasteiger partial charge in [0.05, 0.1) is 19.5 Å². The molecule has 0 N–H and O–H groups in total. The number of hydrogen-bond donors (Lipinski definition) is 0. The highest BCUT2D eigenvalue weighted by molar-refractivity contribution is 5.66. The molecule has 0 bridgehead atoms. The molecule has 4 aromatic rings. The summed E-state index contributed by atoms with van der Waals surface area (Å²) in [6.07, 6.45) is 6.97. The third-order valence-corrected chi connectivity index (χ3v) is 6.29. The van der Waals surface area contributed by atoms with Gasteiger partial charge < -0.3 is 14.1 Å². The van der Waals surface area contributed by atoms with Gasteiger partial charge in [0.2, 0.25) is 11.8 Å². The van der Waals surface area contributed by atoms with E-state index in [0.29, 0.717) is 24.8 Å². The lowest BCUT2D eigenvalue weighted by Gasteiger charge is -2.29. The van der Waals surface area contributed by atoms with Crippen LogP contribution in [0.3, 0.4) is 0 Å². The smallest absolute Gasteiger partial charge is 0.228 e. The van der Waals surface area contributed by atoms with Gasteiger partial charge in [-0.25, -0.2) is 9.97 Å². The number of benzene rings is 1. The minimum Gasteiger partial charge on any atom is -0.461 e. The van der Waals surface area contributed by atoms with Crippen LogP contribution in [0.1, 0.15) is 17.5 Å². The van der Waals surface area contributed by atoms with Gasteiger partial charge in [0.25, 0.3) is 0 Å². The fraction of sp³-hybridized carbons (Fsp3) is 0.320. The van der Waals surface area contributed by atoms with Crippen LogP contribution in [-0.2, 0) is 11.3 Å². The molecule has 5 heterocycles. The van der Waals surface area contributed by atoms with Crippen LogP contribution in [0.5, 0.6) is 0 Å². The zero-order valence-electron chi connectivity index (χ0n) is 18.4. The van der Waals surface area contributed by atoms with Gasteiger partial charge in [-0.05, 0) is 29.7 Å². The number of rotatable bonds is 5. The highest BCUT2D eigenvalue weighted by atomic mass is 16.5. The lowest BCUT2D eigenvalue weighted by molar-refractivity contribution is 0.122. The molecule has 0 saturated carbocycles. The summed E-state index contributed by atoms with van der Waals surface area (Å²) in [5, 5.41) is 4.77. The van der Waals surface area contributed by atoms with Crippen LogP contribution >= 0.6 is 0 Å². The number of nitrogens with zero attached hydrogens (tertiary/aromatic N) is 6. The second-order valence-electron chi connectivity index (χ2n) is 8.41. The van der Waals surface area contributed by atoms with Gasteiger partial charge in [0.1, 0.15) is 0 Å². The SMILES string of the molecule is C1=C(c2ccccc2)CCN(Cc2cnc(N3CCOCC3)n3nc(-c4ccco4)nc23)C1. The largest absolute Gasteiger partial charge is 0.461 e. The molecule has 1 fully saturated rings. The molecule has 6 rings (SSSR count). The number of morpholine rings is 1. The Morgan fingerprint density at radius 1 is 0.970 bits per heavy atom. The standard InChI is InChI=1S/C25H26N6O2/c1-2-5-19(6-3-1)20-8-10-29(11-9-20)18-21-17-26-25(30-12-15-32-16-13-30)31-24(21)27-23(28-31)22-7-4-14-33-22/h1-8,14,17H,9-13,15-16,18H2. The molecule has 2 aliphatic rings. The van der Waals surface area contributed by atoms with Crippen LogP contribution in [0.2, 0.25) is 0 Å². The number of furan rings is 1. The molecule has 2 aliphatic heterocycles. The van der Waals surface area contributed by atoms with Crippen molar-refractivity contribution in [3.8, 4) is 11.6 Å². The van der Waals surface area contributed by atoms with E-state index in [2.05, 4.69) is 46.2 Å². The summed E-state index contributed by atoms with van der Waals surface area (Å²) in [6.45, 7) is 5.63. The van der Waals surface area contributed by atoms with Crippen molar-refractivity contribution in [3.63, 3.8) is 0 Å². The van der Waals surface area contributed by atoms with Crippen molar-refractivity contribution < 1.29 is 9.15 Å². The summed E-state index contributed by atoms with van der Waals surface area (Å²) in [4.78, 5) is 14.3. The second-order valence-corrected chi connectivity index (χ2v) is 8.41. The van der Waals surface area contributed by atoms with Gasteiger partial charge in [0, 0.05) is 44.5 Å². The van der Waals surface area contributed by atoms with E-state index < -0.39 is 0 Å². The van der Waals surface area contributed by atoms with Crippen molar-refractivity contribution in [2.45, 2.75) is 13.0 Å². The average Bonchev–Trinajstić information content (AvgIpc) is 3.57. The van der Waals surface area contributed by atoms with E-state index in [0.717, 1.165) is 56.3 Å². The first-order valence-electron chi connectivity index (χ1n) is 11.4. The number of aromatic nitrogens is 4. The maximum absolute atomic E-state index is 5.57. The summed E-state index contributed by atoms with van der Waals surface area (Å²) in [7, 11) is 0. The van der Waals surface area contributed by atoms with E-state index in [4.69, 9.17) is 24.2 Å². The quantitative estimate of drug-likeness (QED) is 0.468. The molecule has 0 aliphatic carbocycles. The van der Waals surface area contributed by atoms with Crippen LogP contribution in [0, 0.1) is 0 Å². The van der Waals surface area contributed by atoms with Crippen molar-refractivity contribution in [1.29, 1.82) is 0 Å². The molecule has 0 unspecified atom stereocenters. The normalized spacial score (nSPS) is 17.5. The zero-order chi connectivity index (χ0) is 22.0. The van der Waals surface area contributed by atoms with E-state index in [1.54, 1.807) is 6.26 Å².